The van der Waals surface area contributed by atoms with E-state index in [1.165, 1.54) is 6.42 Å². The molecule has 7 heteroatoms. The van der Waals surface area contributed by atoms with Gasteiger partial charge in [-0.2, -0.15) is 4.98 Å². The van der Waals surface area contributed by atoms with Crippen LogP contribution >= 0.6 is 0 Å². The van der Waals surface area contributed by atoms with Crippen LogP contribution in [0.4, 0.5) is 21.8 Å². The van der Waals surface area contributed by atoms with E-state index >= 15 is 0 Å². The maximum absolute atomic E-state index is 13.8. The molecule has 2 aromatic rings. The largest absolute Gasteiger partial charge is 0.497 e. The summed E-state index contributed by atoms with van der Waals surface area (Å²) >= 11 is 0. The molecule has 1 fully saturated rings. The minimum absolute atomic E-state index is 0.224. The van der Waals surface area contributed by atoms with Gasteiger partial charge in [0, 0.05) is 29.9 Å². The molecule has 1 saturated carbocycles. The van der Waals surface area contributed by atoms with Crippen molar-refractivity contribution in [1.29, 1.82) is 0 Å². The average Bonchev–Trinajstić information content (AvgIpc) is 2.53. The number of ether oxygens (including phenoxy) is 2. The summed E-state index contributed by atoms with van der Waals surface area (Å²) in [4.78, 5) is 8.19. The molecular formula is C16H19FN4O2. The van der Waals surface area contributed by atoms with E-state index in [1.54, 1.807) is 32.4 Å². The standard InChI is InChI=1S/C16H19FN4O2/c1-22-12-6-11(7-13(8-12)23-2)20-16-18-9-14(17)15(21-16)19-10-4-3-5-10/h6-10H,3-5H2,1-2H3,(H2,18,19,20,21). The second kappa shape index (κ2) is 6.68. The first-order valence-corrected chi connectivity index (χ1v) is 7.47. The van der Waals surface area contributed by atoms with E-state index in [4.69, 9.17) is 9.47 Å². The predicted octanol–water partition coefficient (Wildman–Crippen LogP) is 3.34. The van der Waals surface area contributed by atoms with Gasteiger partial charge in [0.15, 0.2) is 11.6 Å². The molecule has 23 heavy (non-hydrogen) atoms. The summed E-state index contributed by atoms with van der Waals surface area (Å²) in [7, 11) is 3.15. The number of hydrogen-bond acceptors (Lipinski definition) is 6. The SMILES string of the molecule is COc1cc(Nc2ncc(F)c(NC3CCC3)n2)cc(OC)c1. The number of nitrogens with zero attached hydrogens (tertiary/aromatic N) is 2. The van der Waals surface area contributed by atoms with E-state index in [9.17, 15) is 4.39 Å². The van der Waals surface area contributed by atoms with E-state index in [0.29, 0.717) is 29.2 Å². The molecule has 0 bridgehead atoms. The highest BCUT2D eigenvalue weighted by Crippen LogP contribution is 2.28. The van der Waals surface area contributed by atoms with Crippen LogP contribution in [0.5, 0.6) is 11.5 Å². The van der Waals surface area contributed by atoms with Crippen molar-refractivity contribution in [2.24, 2.45) is 0 Å². The van der Waals surface area contributed by atoms with Crippen molar-refractivity contribution < 1.29 is 13.9 Å². The summed E-state index contributed by atoms with van der Waals surface area (Å²) in [6, 6.07) is 5.63. The summed E-state index contributed by atoms with van der Waals surface area (Å²) in [5, 5.41) is 6.14. The zero-order valence-corrected chi connectivity index (χ0v) is 13.1. The molecule has 6 nitrogen and oxygen atoms in total. The van der Waals surface area contributed by atoms with Gasteiger partial charge < -0.3 is 20.1 Å². The number of halogens is 1. The fourth-order valence-electron chi connectivity index (χ4n) is 2.28. The zero-order chi connectivity index (χ0) is 16.2. The molecule has 1 aliphatic rings. The number of rotatable bonds is 6. The van der Waals surface area contributed by atoms with Crippen LogP contribution in [0.15, 0.2) is 24.4 Å². The molecule has 0 spiro atoms. The number of benzene rings is 1. The van der Waals surface area contributed by atoms with Gasteiger partial charge in [-0.05, 0) is 19.3 Å². The Morgan fingerprint density at radius 1 is 1.13 bits per heavy atom. The van der Waals surface area contributed by atoms with Crippen molar-refractivity contribution >= 4 is 17.5 Å². The van der Waals surface area contributed by atoms with Crippen LogP contribution in [0, 0.1) is 5.82 Å². The molecule has 2 N–H and O–H groups in total. The Morgan fingerprint density at radius 3 is 2.39 bits per heavy atom. The van der Waals surface area contributed by atoms with Crippen LogP contribution in [0.25, 0.3) is 0 Å². The molecule has 0 saturated heterocycles. The molecule has 3 rings (SSSR count). The van der Waals surface area contributed by atoms with Gasteiger partial charge in [-0.1, -0.05) is 0 Å². The lowest BCUT2D eigenvalue weighted by atomic mass is 9.93. The first kappa shape index (κ1) is 15.3. The quantitative estimate of drug-likeness (QED) is 0.851. The topological polar surface area (TPSA) is 68.3 Å². The summed E-state index contributed by atoms with van der Waals surface area (Å²) in [6.45, 7) is 0. The Kier molecular flexibility index (Phi) is 4.45. The number of methoxy groups -OCH3 is 2. The lowest BCUT2D eigenvalue weighted by Crippen LogP contribution is -2.28. The van der Waals surface area contributed by atoms with Crippen LogP contribution in [-0.2, 0) is 0 Å². The third-order valence-electron chi connectivity index (χ3n) is 3.80. The van der Waals surface area contributed by atoms with Crippen molar-refractivity contribution in [3.05, 3.63) is 30.2 Å². The summed E-state index contributed by atoms with van der Waals surface area (Å²) in [5.74, 6) is 1.36. The van der Waals surface area contributed by atoms with Crippen molar-refractivity contribution in [1.82, 2.24) is 9.97 Å². The van der Waals surface area contributed by atoms with Crippen molar-refractivity contribution in [3.63, 3.8) is 0 Å². The Hall–Kier alpha value is -2.57. The highest BCUT2D eigenvalue weighted by molar-refractivity contribution is 5.60. The Bertz CT molecular complexity index is 670. The third-order valence-corrected chi connectivity index (χ3v) is 3.80. The van der Waals surface area contributed by atoms with Crippen molar-refractivity contribution in [2.75, 3.05) is 24.9 Å². The maximum atomic E-state index is 13.8. The number of nitrogens with one attached hydrogen (secondary N) is 2. The lowest BCUT2D eigenvalue weighted by molar-refractivity contribution is 0.395. The molecular weight excluding hydrogens is 299 g/mol. The molecule has 0 unspecified atom stereocenters. The Morgan fingerprint density at radius 2 is 1.83 bits per heavy atom. The first-order chi connectivity index (χ1) is 11.2. The maximum Gasteiger partial charge on any atom is 0.229 e. The van der Waals surface area contributed by atoms with Gasteiger partial charge in [0.05, 0.1) is 20.4 Å². The molecule has 0 radical (unpaired) electrons. The highest BCUT2D eigenvalue weighted by atomic mass is 19.1. The van der Waals surface area contributed by atoms with Gasteiger partial charge in [0.1, 0.15) is 11.5 Å². The Balaban J connectivity index is 1.80. The molecule has 0 atom stereocenters. The minimum Gasteiger partial charge on any atom is -0.497 e. The van der Waals surface area contributed by atoms with Gasteiger partial charge in [-0.25, -0.2) is 9.37 Å². The summed E-state index contributed by atoms with van der Waals surface area (Å²) in [5.41, 5.74) is 0.697. The lowest BCUT2D eigenvalue weighted by Gasteiger charge is -2.27. The highest BCUT2D eigenvalue weighted by Gasteiger charge is 2.19. The van der Waals surface area contributed by atoms with E-state index in [0.717, 1.165) is 19.0 Å². The van der Waals surface area contributed by atoms with Crippen molar-refractivity contribution in [3.8, 4) is 11.5 Å². The van der Waals surface area contributed by atoms with Crippen LogP contribution in [0.3, 0.4) is 0 Å². The summed E-state index contributed by atoms with van der Waals surface area (Å²) in [6.07, 6.45) is 4.41. The second-order valence-corrected chi connectivity index (χ2v) is 5.39. The van der Waals surface area contributed by atoms with Crippen molar-refractivity contribution in [2.45, 2.75) is 25.3 Å². The average molecular weight is 318 g/mol. The summed E-state index contributed by atoms with van der Waals surface area (Å²) < 4.78 is 24.3. The number of anilines is 3. The molecule has 1 aromatic heterocycles. The van der Waals surface area contributed by atoms with E-state index in [2.05, 4.69) is 20.6 Å². The van der Waals surface area contributed by atoms with Crippen LogP contribution < -0.4 is 20.1 Å². The van der Waals surface area contributed by atoms with Crippen LogP contribution in [0.2, 0.25) is 0 Å². The van der Waals surface area contributed by atoms with Gasteiger partial charge in [0.2, 0.25) is 5.95 Å². The normalized spacial score (nSPS) is 14.0. The fourth-order valence-corrected chi connectivity index (χ4v) is 2.28. The van der Waals surface area contributed by atoms with E-state index in [-0.39, 0.29) is 5.82 Å². The van der Waals surface area contributed by atoms with Gasteiger partial charge in [-0.3, -0.25) is 0 Å². The van der Waals surface area contributed by atoms with Crippen LogP contribution in [-0.4, -0.2) is 30.2 Å². The fraction of sp³-hybridized carbons (Fsp3) is 0.375. The number of hydrogen-bond donors (Lipinski definition) is 2. The Labute approximate surface area is 134 Å². The molecule has 1 aromatic carbocycles. The van der Waals surface area contributed by atoms with Gasteiger partial charge >= 0.3 is 0 Å². The second-order valence-electron chi connectivity index (χ2n) is 5.39. The molecule has 0 aliphatic heterocycles. The zero-order valence-electron chi connectivity index (χ0n) is 13.1. The minimum atomic E-state index is -0.453. The number of aromatic nitrogens is 2. The third kappa shape index (κ3) is 3.61. The molecule has 0 amide bonds. The van der Waals surface area contributed by atoms with E-state index in [1.807, 2.05) is 0 Å². The van der Waals surface area contributed by atoms with Gasteiger partial charge in [-0.15, -0.1) is 0 Å². The predicted molar refractivity (Wildman–Crippen MR) is 86.1 cm³/mol. The molecule has 1 aliphatic carbocycles. The molecule has 122 valence electrons. The first-order valence-electron chi connectivity index (χ1n) is 7.47. The molecule has 1 heterocycles. The van der Waals surface area contributed by atoms with Crippen LogP contribution in [0.1, 0.15) is 19.3 Å². The van der Waals surface area contributed by atoms with E-state index < -0.39 is 5.82 Å². The smallest absolute Gasteiger partial charge is 0.229 e. The van der Waals surface area contributed by atoms with Gasteiger partial charge in [0.25, 0.3) is 0 Å². The monoisotopic (exact) mass is 318 g/mol.